The minimum atomic E-state index is -1.49. The van der Waals surface area contributed by atoms with Gasteiger partial charge < -0.3 is 60.3 Å². The summed E-state index contributed by atoms with van der Waals surface area (Å²) in [6.45, 7) is -1.14. The molecule has 0 saturated heterocycles. The molecule has 22 nitrogen and oxygen atoms in total. The third kappa shape index (κ3) is 21.1. The van der Waals surface area contributed by atoms with Gasteiger partial charge in [0.1, 0.15) is 48.8 Å². The number of carbonyl (C=O) groups is 10. The summed E-state index contributed by atoms with van der Waals surface area (Å²) in [7, 11) is 9.16. The molecule has 4 unspecified atom stereocenters. The molecule has 4 atom stereocenters. The first-order chi connectivity index (χ1) is 31.5. The van der Waals surface area contributed by atoms with Gasteiger partial charge in [-0.05, 0) is 47.5 Å². The largest absolute Gasteiger partial charge is 0.497 e. The maximum atomic E-state index is 13.3. The fraction of sp³-hybridized carbons (Fsp3) is 0.381. The molecule has 0 bridgehead atoms. The highest BCUT2D eigenvalue weighted by molar-refractivity contribution is 8.76. The number of rotatable bonds is 27. The third-order valence-electron chi connectivity index (χ3n) is 8.59. The van der Waals surface area contributed by atoms with Crippen LogP contribution in [0, 0.1) is 0 Å². The van der Waals surface area contributed by atoms with Gasteiger partial charge >= 0.3 is 23.9 Å². The van der Waals surface area contributed by atoms with Crippen molar-refractivity contribution in [3.05, 3.63) is 71.8 Å². The number of ether oxygens (including phenoxy) is 6. The Morgan fingerprint density at radius 3 is 1.14 bits per heavy atom. The van der Waals surface area contributed by atoms with Gasteiger partial charge in [0.15, 0.2) is 0 Å². The van der Waals surface area contributed by atoms with E-state index in [0.29, 0.717) is 22.6 Å². The summed E-state index contributed by atoms with van der Waals surface area (Å²) >= 11 is 0. The van der Waals surface area contributed by atoms with Crippen LogP contribution in [0.25, 0.3) is 12.2 Å². The Morgan fingerprint density at radius 1 is 0.485 bits per heavy atom. The van der Waals surface area contributed by atoms with Crippen molar-refractivity contribution in [2.24, 2.45) is 0 Å². The number of methoxy groups -OCH3 is 6. The Labute approximate surface area is 387 Å². The standard InChI is InChI=1S/C42H52N6O16S2/c1-59-27-13-7-25(8-14-27)11-17-33(49)45-29(41(57)63-5)19-35(51)47-31(39(55)43-21-37(53)61-3)23-65-66-24-32(40(56)44-22-38(54)62-4)48-36(52)20-30(42(58)64-6)46-34(50)18-12-26-9-15-28(60-2)16-10-26/h7-18,29-32H,19-24H2,1-6H3,(H,43,55)(H,44,56)(H,45,49)(H,46,50)(H,47,51)(H,48,52)/b17-11+,18-12+. The van der Waals surface area contributed by atoms with Crippen molar-refractivity contribution in [2.45, 2.75) is 37.0 Å². The first-order valence-electron chi connectivity index (χ1n) is 19.5. The van der Waals surface area contributed by atoms with Crippen molar-refractivity contribution < 1.29 is 76.4 Å². The zero-order valence-electron chi connectivity index (χ0n) is 36.8. The van der Waals surface area contributed by atoms with E-state index in [-0.39, 0.29) is 11.5 Å². The molecule has 6 N–H and O–H groups in total. The van der Waals surface area contributed by atoms with Crippen LogP contribution >= 0.6 is 21.6 Å². The number of carbonyl (C=O) groups excluding carboxylic acids is 10. The highest BCUT2D eigenvalue weighted by atomic mass is 33.1. The molecule has 0 fully saturated rings. The van der Waals surface area contributed by atoms with Crippen LogP contribution in [0.2, 0.25) is 0 Å². The monoisotopic (exact) mass is 960 g/mol. The molecule has 358 valence electrons. The molecule has 0 aromatic heterocycles. The maximum absolute atomic E-state index is 13.3. The Kier molecular flexibility index (Phi) is 25.1. The van der Waals surface area contributed by atoms with Crippen molar-refractivity contribution in [1.29, 1.82) is 0 Å². The molecular formula is C42H52N6O16S2. The lowest BCUT2D eigenvalue weighted by molar-refractivity contribution is -0.146. The molecule has 0 aliphatic rings. The van der Waals surface area contributed by atoms with E-state index < -0.39 is 109 Å². The van der Waals surface area contributed by atoms with E-state index in [4.69, 9.17) is 18.9 Å². The van der Waals surface area contributed by atoms with Gasteiger partial charge in [0.2, 0.25) is 35.4 Å². The minimum Gasteiger partial charge on any atom is -0.497 e. The van der Waals surface area contributed by atoms with Crippen LogP contribution in [0.3, 0.4) is 0 Å². The molecule has 24 heteroatoms. The maximum Gasteiger partial charge on any atom is 0.328 e. The molecule has 2 rings (SSSR count). The SMILES string of the molecule is COC(=O)CNC(=O)C(CSSCC(NC(=O)CC(NC(=O)/C=C/c1ccc(OC)cc1)C(=O)OC)C(=O)NCC(=O)OC)NC(=O)CC(NC(=O)/C=C/c1ccc(OC)cc1)C(=O)OC. The van der Waals surface area contributed by atoms with Crippen molar-refractivity contribution >= 4 is 93.1 Å². The fourth-order valence-corrected chi connectivity index (χ4v) is 7.40. The molecule has 0 heterocycles. The molecular weight excluding hydrogens is 909 g/mol. The first-order valence-corrected chi connectivity index (χ1v) is 22.0. The average Bonchev–Trinajstić information content (AvgIpc) is 3.32. The minimum absolute atomic E-state index is 0.228. The van der Waals surface area contributed by atoms with E-state index >= 15 is 0 Å². The lowest BCUT2D eigenvalue weighted by Gasteiger charge is -2.21. The van der Waals surface area contributed by atoms with Crippen molar-refractivity contribution in [1.82, 2.24) is 31.9 Å². The van der Waals surface area contributed by atoms with Gasteiger partial charge in [0.05, 0.1) is 55.5 Å². The van der Waals surface area contributed by atoms with E-state index in [1.54, 1.807) is 48.5 Å². The van der Waals surface area contributed by atoms with Crippen LogP contribution in [0.1, 0.15) is 24.0 Å². The molecule has 2 aromatic rings. The molecule has 6 amide bonds. The Balaban J connectivity index is 2.17. The molecule has 66 heavy (non-hydrogen) atoms. The quantitative estimate of drug-likeness (QED) is 0.0215. The summed E-state index contributed by atoms with van der Waals surface area (Å²) in [5.41, 5.74) is 1.27. The van der Waals surface area contributed by atoms with Gasteiger partial charge in [0, 0.05) is 23.7 Å². The number of hydrogen-bond donors (Lipinski definition) is 6. The summed E-state index contributed by atoms with van der Waals surface area (Å²) < 4.78 is 28.9. The normalized spacial score (nSPS) is 12.5. The Bertz CT molecular complexity index is 1920. The number of benzene rings is 2. The predicted molar refractivity (Wildman–Crippen MR) is 240 cm³/mol. The van der Waals surface area contributed by atoms with Crippen molar-refractivity contribution in [3.63, 3.8) is 0 Å². The number of amides is 6. The van der Waals surface area contributed by atoms with Crippen LogP contribution in [-0.4, -0.2) is 151 Å². The zero-order valence-corrected chi connectivity index (χ0v) is 38.5. The lowest BCUT2D eigenvalue weighted by atomic mass is 10.1. The van der Waals surface area contributed by atoms with Crippen LogP contribution in [0.4, 0.5) is 0 Å². The van der Waals surface area contributed by atoms with Crippen LogP contribution in [0.5, 0.6) is 11.5 Å². The first kappa shape index (κ1) is 55.1. The van der Waals surface area contributed by atoms with E-state index in [0.717, 1.165) is 62.2 Å². The van der Waals surface area contributed by atoms with Gasteiger partial charge in [0.25, 0.3) is 0 Å². The molecule has 0 aliphatic carbocycles. The molecule has 0 aliphatic heterocycles. The van der Waals surface area contributed by atoms with Crippen LogP contribution < -0.4 is 41.4 Å². The van der Waals surface area contributed by atoms with Crippen molar-refractivity contribution in [3.8, 4) is 11.5 Å². The molecule has 0 radical (unpaired) electrons. The second kappa shape index (κ2) is 30.1. The Morgan fingerprint density at radius 2 is 0.833 bits per heavy atom. The second-order valence-corrected chi connectivity index (χ2v) is 15.7. The predicted octanol–water partition coefficient (Wildman–Crippen LogP) is -0.544. The van der Waals surface area contributed by atoms with Gasteiger partial charge in [-0.15, -0.1) is 0 Å². The van der Waals surface area contributed by atoms with Gasteiger partial charge in [-0.2, -0.15) is 0 Å². The molecule has 0 spiro atoms. The summed E-state index contributed by atoms with van der Waals surface area (Å²) in [4.78, 5) is 127. The van der Waals surface area contributed by atoms with Gasteiger partial charge in [-0.1, -0.05) is 45.9 Å². The van der Waals surface area contributed by atoms with Crippen molar-refractivity contribution in [2.75, 3.05) is 67.3 Å². The summed E-state index contributed by atoms with van der Waals surface area (Å²) in [5, 5.41) is 14.3. The van der Waals surface area contributed by atoms with Crippen LogP contribution in [0.15, 0.2) is 60.7 Å². The zero-order chi connectivity index (χ0) is 49.0. The van der Waals surface area contributed by atoms with Crippen LogP contribution in [-0.2, 0) is 66.9 Å². The number of hydrogen-bond acceptors (Lipinski definition) is 18. The average molecular weight is 961 g/mol. The highest BCUT2D eigenvalue weighted by Gasteiger charge is 2.30. The smallest absolute Gasteiger partial charge is 0.328 e. The summed E-state index contributed by atoms with van der Waals surface area (Å²) in [6, 6.07) is 7.70. The van der Waals surface area contributed by atoms with E-state index in [9.17, 15) is 47.9 Å². The second-order valence-electron chi connectivity index (χ2n) is 13.2. The summed E-state index contributed by atoms with van der Waals surface area (Å²) in [5.74, 6) is -7.75. The highest BCUT2D eigenvalue weighted by Crippen LogP contribution is 2.23. The third-order valence-corrected chi connectivity index (χ3v) is 11.0. The topological polar surface area (TPSA) is 298 Å². The van der Waals surface area contributed by atoms with E-state index in [2.05, 4.69) is 41.4 Å². The van der Waals surface area contributed by atoms with Gasteiger partial charge in [-0.3, -0.25) is 38.4 Å². The summed E-state index contributed by atoms with van der Waals surface area (Å²) in [6.07, 6.45) is 3.85. The van der Waals surface area contributed by atoms with Gasteiger partial charge in [-0.25, -0.2) is 9.59 Å². The lowest BCUT2D eigenvalue weighted by Crippen LogP contribution is -2.52. The van der Waals surface area contributed by atoms with E-state index in [1.807, 2.05) is 0 Å². The van der Waals surface area contributed by atoms with E-state index in [1.165, 1.54) is 26.4 Å². The molecule has 2 aromatic carbocycles. The fourth-order valence-electron chi connectivity index (χ4n) is 5.07. The Hall–Kier alpha value is -7.08. The number of nitrogens with one attached hydrogen (secondary N) is 6. The molecule has 0 saturated carbocycles. The number of esters is 4.